The van der Waals surface area contributed by atoms with Crippen LogP contribution >= 0.6 is 11.3 Å². The lowest BCUT2D eigenvalue weighted by Gasteiger charge is -1.99. The summed E-state index contributed by atoms with van der Waals surface area (Å²) in [7, 11) is -3.79. The van der Waals surface area contributed by atoms with Crippen LogP contribution in [-0.2, 0) is 10.0 Å². The molecule has 128 valence electrons. The van der Waals surface area contributed by atoms with Gasteiger partial charge in [-0.25, -0.2) is 8.78 Å². The Morgan fingerprint density at radius 2 is 1.76 bits per heavy atom. The fourth-order valence-electron chi connectivity index (χ4n) is 2.18. The highest BCUT2D eigenvalue weighted by Crippen LogP contribution is 2.28. The van der Waals surface area contributed by atoms with Gasteiger partial charge >= 0.3 is 0 Å². The van der Waals surface area contributed by atoms with Gasteiger partial charge in [-0.3, -0.25) is 0 Å². The molecule has 0 N–H and O–H groups in total. The smallest absolute Gasteiger partial charge is 0.207 e. The standard InChI is InChI=1S/C18H13F2NO2S2/c1-12-2-5-16(6-3-12)25(22,23)21-10-15-8-13(11-24-15)17-7-4-14(19)9-18(17)20/h2-11H,1H3. The third-order valence-corrected chi connectivity index (χ3v) is 5.62. The molecule has 7 heteroatoms. The number of thiophene rings is 1. The molecule has 0 aliphatic carbocycles. The minimum atomic E-state index is -3.79. The van der Waals surface area contributed by atoms with Crippen molar-refractivity contribution in [2.75, 3.05) is 0 Å². The average Bonchev–Trinajstić information content (AvgIpc) is 3.02. The van der Waals surface area contributed by atoms with Crippen molar-refractivity contribution in [1.29, 1.82) is 0 Å². The molecule has 0 aliphatic heterocycles. The van der Waals surface area contributed by atoms with Crippen molar-refractivity contribution in [3.8, 4) is 11.1 Å². The normalized spacial score (nSPS) is 12.0. The summed E-state index contributed by atoms with van der Waals surface area (Å²) in [4.78, 5) is 0.658. The van der Waals surface area contributed by atoms with Gasteiger partial charge in [0.25, 0.3) is 10.0 Å². The van der Waals surface area contributed by atoms with Gasteiger partial charge < -0.3 is 0 Å². The molecule has 25 heavy (non-hydrogen) atoms. The predicted molar refractivity (Wildman–Crippen MR) is 95.6 cm³/mol. The van der Waals surface area contributed by atoms with E-state index in [9.17, 15) is 17.2 Å². The Hall–Kier alpha value is -2.38. The molecule has 0 amide bonds. The number of benzene rings is 2. The maximum absolute atomic E-state index is 13.8. The van der Waals surface area contributed by atoms with Crippen molar-refractivity contribution in [2.45, 2.75) is 11.8 Å². The summed E-state index contributed by atoms with van der Waals surface area (Å²) in [5.41, 5.74) is 1.74. The molecule has 0 atom stereocenters. The molecule has 0 bridgehead atoms. The number of hydrogen-bond donors (Lipinski definition) is 0. The second-order valence-corrected chi connectivity index (χ2v) is 7.96. The number of sulfonamides is 1. The number of hydrogen-bond acceptors (Lipinski definition) is 3. The van der Waals surface area contributed by atoms with Crippen LogP contribution in [0.2, 0.25) is 0 Å². The minimum Gasteiger partial charge on any atom is -0.207 e. The van der Waals surface area contributed by atoms with Gasteiger partial charge in [-0.15, -0.1) is 11.3 Å². The highest BCUT2D eigenvalue weighted by atomic mass is 32.2. The van der Waals surface area contributed by atoms with E-state index >= 15 is 0 Å². The first kappa shape index (κ1) is 17.4. The number of halogens is 2. The molecular weight excluding hydrogens is 364 g/mol. The van der Waals surface area contributed by atoms with Crippen LogP contribution in [0, 0.1) is 18.6 Å². The SMILES string of the molecule is Cc1ccc(S(=O)(=O)N=Cc2cc(-c3ccc(F)cc3F)cs2)cc1. The van der Waals surface area contributed by atoms with Crippen LogP contribution in [-0.4, -0.2) is 14.6 Å². The lowest BCUT2D eigenvalue weighted by atomic mass is 10.1. The second-order valence-electron chi connectivity index (χ2n) is 5.38. The van der Waals surface area contributed by atoms with E-state index in [2.05, 4.69) is 4.40 Å². The summed E-state index contributed by atoms with van der Waals surface area (Å²) in [6.45, 7) is 1.86. The summed E-state index contributed by atoms with van der Waals surface area (Å²) in [6, 6.07) is 11.3. The van der Waals surface area contributed by atoms with Gasteiger partial charge in [0.15, 0.2) is 0 Å². The minimum absolute atomic E-state index is 0.107. The van der Waals surface area contributed by atoms with Crippen LogP contribution in [0.15, 0.2) is 63.2 Å². The Labute approximate surface area is 148 Å². The molecule has 0 saturated carbocycles. The van der Waals surface area contributed by atoms with Gasteiger partial charge in [0.05, 0.1) is 11.1 Å². The molecule has 1 heterocycles. The van der Waals surface area contributed by atoms with E-state index < -0.39 is 21.7 Å². The first-order valence-electron chi connectivity index (χ1n) is 7.26. The molecule has 3 nitrogen and oxygen atoms in total. The van der Waals surface area contributed by atoms with Gasteiger partial charge in [0.2, 0.25) is 0 Å². The fourth-order valence-corrected chi connectivity index (χ4v) is 3.87. The van der Waals surface area contributed by atoms with E-state index in [1.165, 1.54) is 41.8 Å². The third kappa shape index (κ3) is 4.00. The van der Waals surface area contributed by atoms with E-state index in [0.29, 0.717) is 10.4 Å². The van der Waals surface area contributed by atoms with Crippen molar-refractivity contribution in [3.05, 3.63) is 76.0 Å². The molecule has 0 unspecified atom stereocenters. The van der Waals surface area contributed by atoms with Gasteiger partial charge in [-0.1, -0.05) is 17.7 Å². The van der Waals surface area contributed by atoms with Crippen molar-refractivity contribution < 1.29 is 17.2 Å². The van der Waals surface area contributed by atoms with Gasteiger partial charge in [0, 0.05) is 16.5 Å². The Morgan fingerprint density at radius 1 is 1.04 bits per heavy atom. The van der Waals surface area contributed by atoms with Crippen LogP contribution in [0.3, 0.4) is 0 Å². The van der Waals surface area contributed by atoms with E-state index in [1.807, 2.05) is 6.92 Å². The Kier molecular flexibility index (Phi) is 4.78. The zero-order chi connectivity index (χ0) is 18.0. The average molecular weight is 377 g/mol. The molecule has 0 aliphatic rings. The second kappa shape index (κ2) is 6.85. The number of aryl methyl sites for hydroxylation is 1. The van der Waals surface area contributed by atoms with Crippen LogP contribution in [0.1, 0.15) is 10.4 Å². The van der Waals surface area contributed by atoms with Gasteiger partial charge in [-0.2, -0.15) is 12.8 Å². The molecular formula is C18H13F2NO2S2. The number of rotatable bonds is 4. The van der Waals surface area contributed by atoms with E-state index in [4.69, 9.17) is 0 Å². The maximum Gasteiger partial charge on any atom is 0.282 e. The van der Waals surface area contributed by atoms with Crippen molar-refractivity contribution in [1.82, 2.24) is 0 Å². The van der Waals surface area contributed by atoms with Crippen LogP contribution < -0.4 is 0 Å². The summed E-state index contributed by atoms with van der Waals surface area (Å²) in [6.07, 6.45) is 1.23. The summed E-state index contributed by atoms with van der Waals surface area (Å²) < 4.78 is 54.8. The summed E-state index contributed by atoms with van der Waals surface area (Å²) in [5, 5.41) is 1.66. The monoisotopic (exact) mass is 377 g/mol. The third-order valence-electron chi connectivity index (χ3n) is 3.50. The highest BCUT2D eigenvalue weighted by Gasteiger charge is 2.12. The van der Waals surface area contributed by atoms with Crippen LogP contribution in [0.4, 0.5) is 8.78 Å². The molecule has 0 fully saturated rings. The lowest BCUT2D eigenvalue weighted by molar-refractivity contribution is 0.585. The fraction of sp³-hybridized carbons (Fsp3) is 0.0556. The number of nitrogens with zero attached hydrogens (tertiary/aromatic N) is 1. The van der Waals surface area contributed by atoms with Gasteiger partial charge in [-0.05, 0) is 48.2 Å². The topological polar surface area (TPSA) is 46.5 Å². The molecule has 1 aromatic heterocycles. The Morgan fingerprint density at radius 3 is 2.44 bits per heavy atom. The predicted octanol–water partition coefficient (Wildman–Crippen LogP) is 4.81. The van der Waals surface area contributed by atoms with Crippen LogP contribution in [0.25, 0.3) is 11.1 Å². The van der Waals surface area contributed by atoms with E-state index in [0.717, 1.165) is 11.6 Å². The van der Waals surface area contributed by atoms with Crippen molar-refractivity contribution in [2.24, 2.45) is 4.40 Å². The molecule has 3 aromatic rings. The molecule has 0 radical (unpaired) electrons. The summed E-state index contributed by atoms with van der Waals surface area (Å²) in [5.74, 6) is -1.32. The largest absolute Gasteiger partial charge is 0.282 e. The highest BCUT2D eigenvalue weighted by molar-refractivity contribution is 7.90. The van der Waals surface area contributed by atoms with Crippen LogP contribution in [0.5, 0.6) is 0 Å². The molecule has 2 aromatic carbocycles. The summed E-state index contributed by atoms with van der Waals surface area (Å²) >= 11 is 1.22. The first-order chi connectivity index (χ1) is 11.8. The van der Waals surface area contributed by atoms with Crippen molar-refractivity contribution >= 4 is 27.6 Å². The van der Waals surface area contributed by atoms with E-state index in [-0.39, 0.29) is 10.5 Å². The first-order valence-corrected chi connectivity index (χ1v) is 9.58. The van der Waals surface area contributed by atoms with Gasteiger partial charge in [0.1, 0.15) is 11.6 Å². The maximum atomic E-state index is 13.8. The molecule has 3 rings (SSSR count). The van der Waals surface area contributed by atoms with Crippen molar-refractivity contribution in [3.63, 3.8) is 0 Å². The molecule has 0 saturated heterocycles. The Bertz CT molecular complexity index is 1040. The Balaban J connectivity index is 1.85. The lowest BCUT2D eigenvalue weighted by Crippen LogP contribution is -1.97. The quantitative estimate of drug-likeness (QED) is 0.613. The molecule has 0 spiro atoms. The zero-order valence-corrected chi connectivity index (χ0v) is 14.7. The van der Waals surface area contributed by atoms with E-state index in [1.54, 1.807) is 23.6 Å². The zero-order valence-electron chi connectivity index (χ0n) is 13.1.